The Hall–Kier alpha value is -2.30. The van der Waals surface area contributed by atoms with Crippen LogP contribution in [-0.4, -0.2) is 5.91 Å². The molecule has 0 spiro atoms. The molecule has 0 fully saturated rings. The zero-order valence-corrected chi connectivity index (χ0v) is 7.69. The van der Waals surface area contributed by atoms with E-state index in [2.05, 4.69) is 0 Å². The molecular formula is C10H8N2O3. The Labute approximate surface area is 84.3 Å². The standard InChI is InChI=1S/C10H8N2O3/c11-5-1-2-8-6(3-5)7(13)4-9(15-8)10(12)14/h1-4H,11H2,(H2,12,14). The number of nitrogen functional groups attached to an aromatic ring is 1. The average Bonchev–Trinajstić information content (AvgIpc) is 2.18. The Kier molecular flexibility index (Phi) is 1.93. The first-order chi connectivity index (χ1) is 7.08. The molecule has 1 heterocycles. The van der Waals surface area contributed by atoms with Gasteiger partial charge in [0.1, 0.15) is 5.58 Å². The number of rotatable bonds is 1. The molecule has 1 amide bonds. The lowest BCUT2D eigenvalue weighted by atomic mass is 10.2. The summed E-state index contributed by atoms with van der Waals surface area (Å²) in [5.74, 6) is -0.928. The molecule has 2 aromatic rings. The minimum absolute atomic E-state index is 0.155. The molecular weight excluding hydrogens is 196 g/mol. The van der Waals surface area contributed by atoms with E-state index in [0.29, 0.717) is 16.7 Å². The van der Waals surface area contributed by atoms with Crippen molar-refractivity contribution in [2.45, 2.75) is 0 Å². The van der Waals surface area contributed by atoms with Crippen LogP contribution < -0.4 is 16.9 Å². The van der Waals surface area contributed by atoms with E-state index in [-0.39, 0.29) is 11.2 Å². The lowest BCUT2D eigenvalue weighted by molar-refractivity contribution is 0.0974. The van der Waals surface area contributed by atoms with Crippen LogP contribution in [0.25, 0.3) is 11.0 Å². The van der Waals surface area contributed by atoms with Crippen LogP contribution in [0.3, 0.4) is 0 Å². The van der Waals surface area contributed by atoms with Crippen LogP contribution in [-0.2, 0) is 0 Å². The van der Waals surface area contributed by atoms with Crippen molar-refractivity contribution in [2.75, 3.05) is 5.73 Å². The maximum Gasteiger partial charge on any atom is 0.284 e. The van der Waals surface area contributed by atoms with Gasteiger partial charge in [-0.1, -0.05) is 0 Å². The van der Waals surface area contributed by atoms with Crippen LogP contribution in [0.1, 0.15) is 10.6 Å². The largest absolute Gasteiger partial charge is 0.451 e. The topological polar surface area (TPSA) is 99.3 Å². The van der Waals surface area contributed by atoms with Gasteiger partial charge in [0.15, 0.2) is 11.2 Å². The van der Waals surface area contributed by atoms with Gasteiger partial charge in [0, 0.05) is 11.8 Å². The first-order valence-electron chi connectivity index (χ1n) is 4.21. The predicted molar refractivity (Wildman–Crippen MR) is 55.4 cm³/mol. The van der Waals surface area contributed by atoms with Crippen LogP contribution in [0, 0.1) is 0 Å². The number of carbonyl (C=O) groups excluding carboxylic acids is 1. The van der Waals surface area contributed by atoms with Crippen molar-refractivity contribution in [2.24, 2.45) is 5.73 Å². The highest BCUT2D eigenvalue weighted by atomic mass is 16.3. The molecule has 15 heavy (non-hydrogen) atoms. The Morgan fingerprint density at radius 1 is 1.27 bits per heavy atom. The SMILES string of the molecule is NC(=O)c1cc(=O)c2cc(N)ccc2o1. The van der Waals surface area contributed by atoms with E-state index in [1.165, 1.54) is 12.1 Å². The molecule has 5 nitrogen and oxygen atoms in total. The summed E-state index contributed by atoms with van der Waals surface area (Å²) < 4.78 is 5.13. The number of anilines is 1. The predicted octanol–water partition coefficient (Wildman–Crippen LogP) is 0.474. The Morgan fingerprint density at radius 3 is 2.67 bits per heavy atom. The lowest BCUT2D eigenvalue weighted by Gasteiger charge is -2.00. The third kappa shape index (κ3) is 1.54. The van der Waals surface area contributed by atoms with Gasteiger partial charge in [-0.25, -0.2) is 0 Å². The molecule has 0 saturated heterocycles. The van der Waals surface area contributed by atoms with Crippen molar-refractivity contribution in [1.29, 1.82) is 0 Å². The highest BCUT2D eigenvalue weighted by Crippen LogP contribution is 2.15. The molecule has 4 N–H and O–H groups in total. The first-order valence-corrected chi connectivity index (χ1v) is 4.21. The zero-order chi connectivity index (χ0) is 11.0. The van der Waals surface area contributed by atoms with Crippen LogP contribution >= 0.6 is 0 Å². The van der Waals surface area contributed by atoms with Gasteiger partial charge >= 0.3 is 0 Å². The van der Waals surface area contributed by atoms with E-state index in [1.54, 1.807) is 6.07 Å². The molecule has 0 radical (unpaired) electrons. The molecule has 0 aliphatic rings. The summed E-state index contributed by atoms with van der Waals surface area (Å²) in [6, 6.07) is 5.66. The van der Waals surface area contributed by atoms with E-state index in [4.69, 9.17) is 15.9 Å². The van der Waals surface area contributed by atoms with Gasteiger partial charge < -0.3 is 15.9 Å². The van der Waals surface area contributed by atoms with Crippen LogP contribution in [0.2, 0.25) is 0 Å². The normalized spacial score (nSPS) is 10.4. The minimum atomic E-state index is -0.772. The molecule has 1 aromatic carbocycles. The monoisotopic (exact) mass is 204 g/mol. The summed E-state index contributed by atoms with van der Waals surface area (Å²) >= 11 is 0. The second-order valence-electron chi connectivity index (χ2n) is 3.09. The van der Waals surface area contributed by atoms with Gasteiger partial charge in [0.25, 0.3) is 5.91 Å². The molecule has 76 valence electrons. The van der Waals surface area contributed by atoms with Crippen LogP contribution in [0.4, 0.5) is 5.69 Å². The van der Waals surface area contributed by atoms with Crippen LogP contribution in [0.5, 0.6) is 0 Å². The number of primary amides is 1. The highest BCUT2D eigenvalue weighted by Gasteiger charge is 2.08. The number of benzene rings is 1. The second-order valence-corrected chi connectivity index (χ2v) is 3.09. The third-order valence-corrected chi connectivity index (χ3v) is 1.99. The number of carbonyl (C=O) groups is 1. The van der Waals surface area contributed by atoms with Gasteiger partial charge in [-0.3, -0.25) is 9.59 Å². The van der Waals surface area contributed by atoms with E-state index in [9.17, 15) is 9.59 Å². The molecule has 0 unspecified atom stereocenters. The highest BCUT2D eigenvalue weighted by molar-refractivity contribution is 5.92. The summed E-state index contributed by atoms with van der Waals surface area (Å²) in [6.45, 7) is 0. The molecule has 0 atom stereocenters. The second kappa shape index (κ2) is 3.13. The molecule has 0 saturated carbocycles. The van der Waals surface area contributed by atoms with Crippen molar-refractivity contribution in [3.63, 3.8) is 0 Å². The molecule has 1 aromatic heterocycles. The van der Waals surface area contributed by atoms with E-state index < -0.39 is 5.91 Å². The lowest BCUT2D eigenvalue weighted by Crippen LogP contribution is -2.14. The van der Waals surface area contributed by atoms with Gasteiger partial charge in [-0.2, -0.15) is 0 Å². The van der Waals surface area contributed by atoms with Crippen molar-refractivity contribution in [3.8, 4) is 0 Å². The number of fused-ring (bicyclic) bond motifs is 1. The Bertz CT molecular complexity index is 601. The first kappa shape index (κ1) is 9.26. The average molecular weight is 204 g/mol. The van der Waals surface area contributed by atoms with E-state index in [1.807, 2.05) is 0 Å². The quantitative estimate of drug-likeness (QED) is 0.659. The zero-order valence-electron chi connectivity index (χ0n) is 7.69. The van der Waals surface area contributed by atoms with Crippen molar-refractivity contribution in [3.05, 3.63) is 40.2 Å². The fraction of sp³-hybridized carbons (Fsp3) is 0. The minimum Gasteiger partial charge on any atom is -0.451 e. The van der Waals surface area contributed by atoms with Crippen molar-refractivity contribution < 1.29 is 9.21 Å². The number of amides is 1. The molecule has 0 bridgehead atoms. The van der Waals surface area contributed by atoms with Gasteiger partial charge in [0.05, 0.1) is 5.39 Å². The summed E-state index contributed by atoms with van der Waals surface area (Å²) in [7, 11) is 0. The molecule has 0 aliphatic heterocycles. The number of nitrogens with two attached hydrogens (primary N) is 2. The fourth-order valence-corrected chi connectivity index (χ4v) is 1.30. The van der Waals surface area contributed by atoms with Crippen molar-refractivity contribution >= 4 is 22.6 Å². The summed E-state index contributed by atoms with van der Waals surface area (Å²) in [4.78, 5) is 22.4. The number of hydrogen-bond acceptors (Lipinski definition) is 4. The summed E-state index contributed by atoms with van der Waals surface area (Å²) in [5, 5.41) is 0.333. The third-order valence-electron chi connectivity index (χ3n) is 1.99. The van der Waals surface area contributed by atoms with Crippen molar-refractivity contribution in [1.82, 2.24) is 0 Å². The van der Waals surface area contributed by atoms with E-state index >= 15 is 0 Å². The molecule has 2 rings (SSSR count). The number of hydrogen-bond donors (Lipinski definition) is 2. The Balaban J connectivity index is 2.84. The molecule has 5 heteroatoms. The summed E-state index contributed by atoms with van der Waals surface area (Å²) in [5.41, 5.74) is 10.9. The van der Waals surface area contributed by atoms with E-state index in [0.717, 1.165) is 6.07 Å². The van der Waals surface area contributed by atoms with Gasteiger partial charge in [-0.05, 0) is 18.2 Å². The fourth-order valence-electron chi connectivity index (χ4n) is 1.30. The molecule has 0 aliphatic carbocycles. The van der Waals surface area contributed by atoms with Gasteiger partial charge in [0.2, 0.25) is 0 Å². The maximum atomic E-state index is 11.5. The summed E-state index contributed by atoms with van der Waals surface area (Å²) in [6.07, 6.45) is 0. The Morgan fingerprint density at radius 2 is 2.00 bits per heavy atom. The maximum absolute atomic E-state index is 11.5. The smallest absolute Gasteiger partial charge is 0.284 e. The van der Waals surface area contributed by atoms with Gasteiger partial charge in [-0.15, -0.1) is 0 Å². The van der Waals surface area contributed by atoms with Crippen LogP contribution in [0.15, 0.2) is 33.5 Å².